The molecule has 0 heterocycles. The second-order valence-corrected chi connectivity index (χ2v) is 1.45. The van der Waals surface area contributed by atoms with Crippen LogP contribution in [0.15, 0.2) is 0 Å². The quantitative estimate of drug-likeness (QED) is 0.554. The van der Waals surface area contributed by atoms with Crippen LogP contribution in [0.2, 0.25) is 0 Å². The molecule has 5 heteroatoms. The number of hydrogen-bond donors (Lipinski definition) is 1. The van der Waals surface area contributed by atoms with E-state index in [2.05, 4.69) is 4.74 Å². The van der Waals surface area contributed by atoms with Gasteiger partial charge in [0.15, 0.2) is 6.61 Å². The van der Waals surface area contributed by atoms with Crippen molar-refractivity contribution >= 4 is 5.97 Å². The molecule has 9 heavy (non-hydrogen) atoms. The lowest BCUT2D eigenvalue weighted by atomic mass is 10.7. The molecule has 0 fully saturated rings. The summed E-state index contributed by atoms with van der Waals surface area (Å²) in [6, 6.07) is 0. The molecule has 3 nitrogen and oxygen atoms in total. The highest BCUT2D eigenvalue weighted by molar-refractivity contribution is 5.65. The number of halogens is 2. The Balaban J connectivity index is 3.39. The Hall–Kier alpha value is -0.710. The zero-order valence-corrected chi connectivity index (χ0v) is 4.73. The van der Waals surface area contributed by atoms with Crippen molar-refractivity contribution in [3.8, 4) is 0 Å². The first-order chi connectivity index (χ1) is 3.92. The molecule has 0 radical (unpaired) electrons. The van der Waals surface area contributed by atoms with Gasteiger partial charge in [-0.1, -0.05) is 0 Å². The fourth-order valence-electron chi connectivity index (χ4n) is 0.188. The summed E-state index contributed by atoms with van der Waals surface area (Å²) in [6.45, 7) is -0.298. The van der Waals surface area contributed by atoms with E-state index >= 15 is 0 Å². The first-order valence-corrected chi connectivity index (χ1v) is 2.15. The van der Waals surface area contributed by atoms with Gasteiger partial charge >= 0.3 is 12.1 Å². The largest absolute Gasteiger partial charge is 0.457 e. The van der Waals surface area contributed by atoms with Gasteiger partial charge in [-0.05, 0) is 0 Å². The van der Waals surface area contributed by atoms with Crippen molar-refractivity contribution in [2.75, 3.05) is 6.61 Å². The van der Waals surface area contributed by atoms with Gasteiger partial charge in [0.05, 0.1) is 0 Å². The highest BCUT2D eigenvalue weighted by atomic mass is 19.3. The molecule has 0 rings (SSSR count). The highest BCUT2D eigenvalue weighted by Crippen LogP contribution is 2.07. The van der Waals surface area contributed by atoms with Crippen molar-refractivity contribution in [3.63, 3.8) is 0 Å². The van der Waals surface area contributed by atoms with Gasteiger partial charge in [-0.25, -0.2) is 0 Å². The Labute approximate surface area is 50.2 Å². The number of hydrogen-bond acceptors (Lipinski definition) is 3. The first kappa shape index (κ1) is 8.29. The molecule has 0 aromatic rings. The minimum Gasteiger partial charge on any atom is -0.457 e. The van der Waals surface area contributed by atoms with Gasteiger partial charge in [0.25, 0.3) is 0 Å². The second kappa shape index (κ2) is 2.72. The average Bonchev–Trinajstić information content (AvgIpc) is 1.59. The van der Waals surface area contributed by atoms with Gasteiger partial charge < -0.3 is 9.84 Å². The topological polar surface area (TPSA) is 46.5 Å². The molecule has 0 saturated carbocycles. The van der Waals surface area contributed by atoms with Gasteiger partial charge in [-0.15, -0.1) is 0 Å². The number of ether oxygens (including phenoxy) is 1. The van der Waals surface area contributed by atoms with Gasteiger partial charge in [0.1, 0.15) is 0 Å². The van der Waals surface area contributed by atoms with Crippen molar-refractivity contribution in [3.05, 3.63) is 0 Å². The molecule has 0 aromatic heterocycles. The third-order valence-electron chi connectivity index (χ3n) is 0.449. The number of aliphatic hydroxyl groups is 1. The summed E-state index contributed by atoms with van der Waals surface area (Å²) in [7, 11) is 0. The maximum atomic E-state index is 11.4. The van der Waals surface area contributed by atoms with Crippen LogP contribution in [0.1, 0.15) is 6.92 Å². The van der Waals surface area contributed by atoms with E-state index < -0.39 is 18.7 Å². The lowest BCUT2D eigenvalue weighted by molar-refractivity contribution is -0.230. The molecule has 0 amide bonds. The maximum absolute atomic E-state index is 11.4. The number of esters is 1. The summed E-state index contributed by atoms with van der Waals surface area (Å²) < 4.78 is 26.5. The average molecular weight is 140 g/mol. The molecule has 0 unspecified atom stereocenters. The first-order valence-electron chi connectivity index (χ1n) is 2.15. The van der Waals surface area contributed by atoms with Crippen molar-refractivity contribution in [1.29, 1.82) is 0 Å². The minimum atomic E-state index is -3.91. The molecular formula is C4H6F2O3. The summed E-state index contributed by atoms with van der Waals surface area (Å²) in [4.78, 5) is 9.82. The molecular weight excluding hydrogens is 134 g/mol. The van der Waals surface area contributed by atoms with Crippen LogP contribution in [0.4, 0.5) is 8.78 Å². The van der Waals surface area contributed by atoms with Crippen LogP contribution in [0.3, 0.4) is 0 Å². The maximum Gasteiger partial charge on any atom is 0.387 e. The number of rotatable bonds is 2. The summed E-state index contributed by atoms with van der Waals surface area (Å²) in [5.41, 5.74) is 0. The van der Waals surface area contributed by atoms with Crippen LogP contribution in [-0.2, 0) is 9.53 Å². The zero-order valence-electron chi connectivity index (χ0n) is 4.73. The molecule has 0 aromatic carbocycles. The lowest BCUT2D eigenvalue weighted by Crippen LogP contribution is -2.23. The summed E-state index contributed by atoms with van der Waals surface area (Å²) in [6.07, 6.45) is -3.91. The molecule has 0 bridgehead atoms. The summed E-state index contributed by atoms with van der Waals surface area (Å²) in [5.74, 6) is -0.844. The monoisotopic (exact) mass is 140 g/mol. The van der Waals surface area contributed by atoms with E-state index in [0.29, 0.717) is 0 Å². The Bertz CT molecular complexity index is 107. The third kappa shape index (κ3) is 7.29. The van der Waals surface area contributed by atoms with E-state index in [9.17, 15) is 13.6 Å². The predicted octanol–water partition coefficient (Wildman–Crippen LogP) is 0.135. The smallest absolute Gasteiger partial charge is 0.387 e. The van der Waals surface area contributed by atoms with Crippen LogP contribution < -0.4 is 0 Å². The minimum absolute atomic E-state index is 0.844. The van der Waals surface area contributed by atoms with Crippen LogP contribution in [0, 0.1) is 0 Å². The highest BCUT2D eigenvalue weighted by Gasteiger charge is 2.25. The van der Waals surface area contributed by atoms with Gasteiger partial charge in [-0.3, -0.25) is 4.79 Å². The van der Waals surface area contributed by atoms with E-state index in [1.807, 2.05) is 0 Å². The zero-order chi connectivity index (χ0) is 7.49. The molecule has 0 spiro atoms. The van der Waals surface area contributed by atoms with Crippen LogP contribution in [0.5, 0.6) is 0 Å². The SMILES string of the molecule is CC(=O)OCC(O)(F)F. The number of carbonyl (C=O) groups is 1. The van der Waals surface area contributed by atoms with Crippen LogP contribution in [0.25, 0.3) is 0 Å². The van der Waals surface area contributed by atoms with Crippen LogP contribution >= 0.6 is 0 Å². The van der Waals surface area contributed by atoms with Crippen molar-refractivity contribution < 1.29 is 23.4 Å². The molecule has 54 valence electrons. The second-order valence-electron chi connectivity index (χ2n) is 1.45. The van der Waals surface area contributed by atoms with Gasteiger partial charge in [-0.2, -0.15) is 8.78 Å². The van der Waals surface area contributed by atoms with Crippen molar-refractivity contribution in [1.82, 2.24) is 0 Å². The molecule has 1 N–H and O–H groups in total. The van der Waals surface area contributed by atoms with E-state index in [-0.39, 0.29) is 0 Å². The van der Waals surface area contributed by atoms with E-state index in [0.717, 1.165) is 6.92 Å². The van der Waals surface area contributed by atoms with E-state index in [1.165, 1.54) is 0 Å². The Morgan fingerprint density at radius 3 is 2.33 bits per heavy atom. The third-order valence-corrected chi connectivity index (χ3v) is 0.449. The fraction of sp³-hybridized carbons (Fsp3) is 0.750. The van der Waals surface area contributed by atoms with Gasteiger partial charge in [0.2, 0.25) is 0 Å². The molecule has 0 aliphatic carbocycles. The van der Waals surface area contributed by atoms with Crippen LogP contribution in [-0.4, -0.2) is 23.8 Å². The van der Waals surface area contributed by atoms with Crippen molar-refractivity contribution in [2.45, 2.75) is 13.0 Å². The molecule has 0 atom stereocenters. The lowest BCUT2D eigenvalue weighted by Gasteiger charge is -2.06. The number of alkyl halides is 2. The van der Waals surface area contributed by atoms with E-state index in [4.69, 9.17) is 5.11 Å². The molecule has 0 aliphatic rings. The predicted molar refractivity (Wildman–Crippen MR) is 23.8 cm³/mol. The standard InChI is InChI=1S/C4H6F2O3/c1-3(7)9-2-4(5,6)8/h8H,2H2,1H3. The molecule has 0 aliphatic heterocycles. The normalized spacial score (nSPS) is 11.1. The molecule has 0 saturated heterocycles. The van der Waals surface area contributed by atoms with Gasteiger partial charge in [0, 0.05) is 6.92 Å². The Kier molecular flexibility index (Phi) is 2.51. The fourth-order valence-corrected chi connectivity index (χ4v) is 0.188. The van der Waals surface area contributed by atoms with E-state index in [1.54, 1.807) is 0 Å². The number of carbonyl (C=O) groups excluding carboxylic acids is 1. The summed E-state index contributed by atoms with van der Waals surface area (Å²) >= 11 is 0. The van der Waals surface area contributed by atoms with Crippen molar-refractivity contribution in [2.24, 2.45) is 0 Å². The summed E-state index contributed by atoms with van der Waals surface area (Å²) in [5, 5.41) is 7.66. The Morgan fingerprint density at radius 2 is 2.22 bits per heavy atom. The Morgan fingerprint density at radius 1 is 1.78 bits per heavy atom.